The van der Waals surface area contributed by atoms with Crippen molar-refractivity contribution in [2.24, 2.45) is 0 Å². The zero-order valence-electron chi connectivity index (χ0n) is 7.68. The van der Waals surface area contributed by atoms with E-state index in [0.29, 0.717) is 10.2 Å². The van der Waals surface area contributed by atoms with Gasteiger partial charge in [-0.25, -0.2) is 0 Å². The van der Waals surface area contributed by atoms with E-state index in [0.717, 1.165) is 36.8 Å². The highest BCUT2D eigenvalue weighted by Gasteiger charge is 2.22. The predicted molar refractivity (Wildman–Crippen MR) is 58.5 cm³/mol. The van der Waals surface area contributed by atoms with E-state index in [1.807, 2.05) is 0 Å². The number of nitrogen functional groups attached to an aromatic ring is 1. The maximum absolute atomic E-state index is 9.57. The summed E-state index contributed by atoms with van der Waals surface area (Å²) in [6, 6.07) is 0. The minimum atomic E-state index is -0.197. The molecule has 0 aromatic heterocycles. The van der Waals surface area contributed by atoms with E-state index in [1.165, 1.54) is 0 Å². The fourth-order valence-electron chi connectivity index (χ4n) is 1.96. The first-order chi connectivity index (χ1) is 6.63. The fourth-order valence-corrected chi connectivity index (χ4v) is 2.59. The monoisotopic (exact) mass is 257 g/mol. The van der Waals surface area contributed by atoms with Crippen LogP contribution >= 0.6 is 15.9 Å². The molecule has 0 fully saturated rings. The maximum atomic E-state index is 9.57. The van der Waals surface area contributed by atoms with Crippen molar-refractivity contribution in [3.8, 4) is 11.5 Å². The van der Waals surface area contributed by atoms with E-state index in [4.69, 9.17) is 5.73 Å². The quantitative estimate of drug-likeness (QED) is 0.494. The second kappa shape index (κ2) is 3.35. The Morgan fingerprint density at radius 1 is 1.00 bits per heavy atom. The summed E-state index contributed by atoms with van der Waals surface area (Å²) in [6.45, 7) is 0. The number of nitrogens with two attached hydrogens (primary N) is 1. The smallest absolute Gasteiger partial charge is 0.182 e. The predicted octanol–water partition coefficient (Wildman–Crippen LogP) is 2.32. The molecule has 0 aliphatic heterocycles. The number of aromatic hydroxyl groups is 2. The Morgan fingerprint density at radius 2 is 1.57 bits per heavy atom. The molecule has 1 aliphatic carbocycles. The third-order valence-corrected chi connectivity index (χ3v) is 3.60. The van der Waals surface area contributed by atoms with Crippen LogP contribution in [0.15, 0.2) is 4.47 Å². The number of hydrogen-bond acceptors (Lipinski definition) is 3. The van der Waals surface area contributed by atoms with Crippen molar-refractivity contribution in [2.45, 2.75) is 25.7 Å². The number of halogens is 1. The molecule has 0 amide bonds. The molecule has 0 saturated heterocycles. The van der Waals surface area contributed by atoms with Crippen molar-refractivity contribution in [3.63, 3.8) is 0 Å². The van der Waals surface area contributed by atoms with Gasteiger partial charge >= 0.3 is 0 Å². The number of fused-ring (bicyclic) bond motifs is 1. The zero-order chi connectivity index (χ0) is 10.3. The molecule has 76 valence electrons. The van der Waals surface area contributed by atoms with Gasteiger partial charge in [-0.15, -0.1) is 0 Å². The summed E-state index contributed by atoms with van der Waals surface area (Å²) in [4.78, 5) is 0. The SMILES string of the molecule is Nc1c(O)c(O)c(Br)c2c1CCCC2. The number of anilines is 1. The van der Waals surface area contributed by atoms with Gasteiger partial charge in [-0.2, -0.15) is 0 Å². The summed E-state index contributed by atoms with van der Waals surface area (Å²) >= 11 is 3.29. The Kier molecular flexibility index (Phi) is 2.31. The van der Waals surface area contributed by atoms with Crippen molar-refractivity contribution in [3.05, 3.63) is 15.6 Å². The lowest BCUT2D eigenvalue weighted by Gasteiger charge is -2.21. The Morgan fingerprint density at radius 3 is 2.21 bits per heavy atom. The van der Waals surface area contributed by atoms with Crippen molar-refractivity contribution in [2.75, 3.05) is 5.73 Å². The molecule has 0 bridgehead atoms. The van der Waals surface area contributed by atoms with Gasteiger partial charge in [0.2, 0.25) is 0 Å². The van der Waals surface area contributed by atoms with Crippen LogP contribution < -0.4 is 5.73 Å². The topological polar surface area (TPSA) is 66.5 Å². The lowest BCUT2D eigenvalue weighted by Crippen LogP contribution is -2.07. The largest absolute Gasteiger partial charge is 0.503 e. The zero-order valence-corrected chi connectivity index (χ0v) is 9.26. The molecule has 0 saturated carbocycles. The number of phenolic OH excluding ortho intramolecular Hbond substituents is 2. The van der Waals surface area contributed by atoms with Gasteiger partial charge in [0.05, 0.1) is 10.2 Å². The third-order valence-electron chi connectivity index (χ3n) is 2.75. The van der Waals surface area contributed by atoms with E-state index < -0.39 is 0 Å². The Bertz CT molecular complexity index is 353. The van der Waals surface area contributed by atoms with Gasteiger partial charge in [0.1, 0.15) is 0 Å². The summed E-state index contributed by atoms with van der Waals surface area (Å²) in [5, 5.41) is 19.1. The van der Waals surface area contributed by atoms with Crippen molar-refractivity contribution in [1.82, 2.24) is 0 Å². The van der Waals surface area contributed by atoms with Crippen LogP contribution in [0.1, 0.15) is 24.0 Å². The third kappa shape index (κ3) is 1.25. The molecule has 0 atom stereocenters. The highest BCUT2D eigenvalue weighted by atomic mass is 79.9. The van der Waals surface area contributed by atoms with E-state index in [1.54, 1.807) is 0 Å². The van der Waals surface area contributed by atoms with Crippen LogP contribution in [0.4, 0.5) is 5.69 Å². The van der Waals surface area contributed by atoms with Crippen molar-refractivity contribution in [1.29, 1.82) is 0 Å². The van der Waals surface area contributed by atoms with Crippen LogP contribution in [0.3, 0.4) is 0 Å². The van der Waals surface area contributed by atoms with E-state index in [2.05, 4.69) is 15.9 Å². The van der Waals surface area contributed by atoms with Crippen LogP contribution in [0.2, 0.25) is 0 Å². The second-order valence-corrected chi connectivity index (χ2v) is 4.38. The highest BCUT2D eigenvalue weighted by molar-refractivity contribution is 9.10. The van der Waals surface area contributed by atoms with Gasteiger partial charge < -0.3 is 15.9 Å². The Labute approximate surface area is 90.7 Å². The molecule has 14 heavy (non-hydrogen) atoms. The van der Waals surface area contributed by atoms with Gasteiger partial charge in [0, 0.05) is 0 Å². The first-order valence-corrected chi connectivity index (χ1v) is 5.42. The average molecular weight is 258 g/mol. The molecule has 0 heterocycles. The number of phenols is 2. The molecule has 0 spiro atoms. The molecule has 2 rings (SSSR count). The van der Waals surface area contributed by atoms with Gasteiger partial charge in [-0.3, -0.25) is 0 Å². The van der Waals surface area contributed by atoms with E-state index >= 15 is 0 Å². The average Bonchev–Trinajstić information content (AvgIpc) is 2.23. The minimum absolute atomic E-state index is 0.136. The summed E-state index contributed by atoms with van der Waals surface area (Å²) in [7, 11) is 0. The van der Waals surface area contributed by atoms with E-state index in [9.17, 15) is 10.2 Å². The molecule has 0 radical (unpaired) electrons. The van der Waals surface area contributed by atoms with Gasteiger partial charge in [-0.1, -0.05) is 0 Å². The maximum Gasteiger partial charge on any atom is 0.182 e. The molecule has 4 N–H and O–H groups in total. The van der Waals surface area contributed by atoms with Crippen molar-refractivity contribution >= 4 is 21.6 Å². The molecule has 1 aromatic carbocycles. The number of rotatable bonds is 0. The Balaban J connectivity index is 2.71. The van der Waals surface area contributed by atoms with Crippen LogP contribution in [0.25, 0.3) is 0 Å². The molecule has 0 unspecified atom stereocenters. The number of benzene rings is 1. The second-order valence-electron chi connectivity index (χ2n) is 3.59. The standard InChI is InChI=1S/C10H12BrNO2/c11-7-5-3-1-2-4-6(5)8(12)10(14)9(7)13/h13-14H,1-4,12H2. The van der Waals surface area contributed by atoms with Crippen molar-refractivity contribution < 1.29 is 10.2 Å². The molecule has 1 aliphatic rings. The summed E-state index contributed by atoms with van der Waals surface area (Å²) in [6.07, 6.45) is 3.99. The first-order valence-electron chi connectivity index (χ1n) is 4.63. The van der Waals surface area contributed by atoms with Gasteiger partial charge in [-0.05, 0) is 52.7 Å². The molecular formula is C10H12BrNO2. The van der Waals surface area contributed by atoms with E-state index in [-0.39, 0.29) is 11.5 Å². The lowest BCUT2D eigenvalue weighted by atomic mass is 9.90. The summed E-state index contributed by atoms with van der Waals surface area (Å²) in [5.41, 5.74) is 8.11. The van der Waals surface area contributed by atoms with Gasteiger partial charge in [0.15, 0.2) is 11.5 Å². The Hall–Kier alpha value is -0.900. The van der Waals surface area contributed by atoms with Crippen LogP contribution in [0.5, 0.6) is 11.5 Å². The minimum Gasteiger partial charge on any atom is -0.503 e. The molecular weight excluding hydrogens is 246 g/mol. The van der Waals surface area contributed by atoms with Crippen LogP contribution in [-0.4, -0.2) is 10.2 Å². The highest BCUT2D eigenvalue weighted by Crippen LogP contribution is 2.45. The van der Waals surface area contributed by atoms with Crippen LogP contribution in [-0.2, 0) is 12.8 Å². The number of hydrogen-bond donors (Lipinski definition) is 3. The first kappa shape index (κ1) is 9.65. The molecule has 3 nitrogen and oxygen atoms in total. The fraction of sp³-hybridized carbons (Fsp3) is 0.400. The normalized spacial score (nSPS) is 15.2. The lowest BCUT2D eigenvalue weighted by molar-refractivity contribution is 0.401. The molecule has 4 heteroatoms. The summed E-state index contributed by atoms with van der Waals surface area (Å²) in [5.74, 6) is -0.333. The van der Waals surface area contributed by atoms with Crippen LogP contribution in [0, 0.1) is 0 Å². The molecule has 1 aromatic rings. The van der Waals surface area contributed by atoms with Gasteiger partial charge in [0.25, 0.3) is 0 Å². The summed E-state index contributed by atoms with van der Waals surface area (Å²) < 4.78 is 0.596.